The lowest BCUT2D eigenvalue weighted by Gasteiger charge is -1.98. The highest BCUT2D eigenvalue weighted by atomic mass is 16.1. The molecule has 0 aliphatic heterocycles. The monoisotopic (exact) mass is 224 g/mol. The maximum absolute atomic E-state index is 10.9. The Morgan fingerprint density at radius 1 is 1.12 bits per heavy atom. The van der Waals surface area contributed by atoms with Crippen LogP contribution in [0.4, 0.5) is 0 Å². The van der Waals surface area contributed by atoms with Gasteiger partial charge in [-0.3, -0.25) is 14.2 Å². The zero-order chi connectivity index (χ0) is 11.7. The lowest BCUT2D eigenvalue weighted by molar-refractivity contribution is 0.112. The average molecular weight is 224 g/mol. The van der Waals surface area contributed by atoms with Crippen molar-refractivity contribution in [3.63, 3.8) is 0 Å². The molecule has 0 aromatic carbocycles. The maximum Gasteiger partial charge on any atom is 0.172 e. The molecule has 0 atom stereocenters. The highest BCUT2D eigenvalue weighted by Crippen LogP contribution is 2.18. The Morgan fingerprint density at radius 2 is 2.00 bits per heavy atom. The number of carbonyl (C=O) groups is 1. The van der Waals surface area contributed by atoms with Crippen LogP contribution in [0, 0.1) is 0 Å². The van der Waals surface area contributed by atoms with Crippen molar-refractivity contribution in [2.45, 2.75) is 0 Å². The second-order valence-corrected chi connectivity index (χ2v) is 3.47. The van der Waals surface area contributed by atoms with E-state index in [9.17, 15) is 4.79 Å². The lowest BCUT2D eigenvalue weighted by Crippen LogP contribution is -1.91. The van der Waals surface area contributed by atoms with Crippen LogP contribution in [-0.4, -0.2) is 25.6 Å². The van der Waals surface area contributed by atoms with Gasteiger partial charge in [-0.1, -0.05) is 6.07 Å². The SMILES string of the molecule is O=Cc1nc(-c2ccccn2)n2cccnc12. The number of fused-ring (bicyclic) bond motifs is 1. The molecule has 0 aliphatic carbocycles. The largest absolute Gasteiger partial charge is 0.296 e. The number of carbonyl (C=O) groups excluding carboxylic acids is 1. The zero-order valence-electron chi connectivity index (χ0n) is 8.82. The van der Waals surface area contributed by atoms with Crippen LogP contribution in [0.25, 0.3) is 17.2 Å². The Bertz CT molecular complexity index is 675. The second-order valence-electron chi connectivity index (χ2n) is 3.47. The summed E-state index contributed by atoms with van der Waals surface area (Å²) in [5.74, 6) is 0.621. The summed E-state index contributed by atoms with van der Waals surface area (Å²) in [5, 5.41) is 0. The topological polar surface area (TPSA) is 60.2 Å². The van der Waals surface area contributed by atoms with Crippen molar-refractivity contribution in [1.29, 1.82) is 0 Å². The highest BCUT2D eigenvalue weighted by Gasteiger charge is 2.12. The van der Waals surface area contributed by atoms with Gasteiger partial charge in [0.25, 0.3) is 0 Å². The molecule has 0 bridgehead atoms. The van der Waals surface area contributed by atoms with Gasteiger partial charge in [0.15, 0.2) is 17.8 Å². The van der Waals surface area contributed by atoms with Gasteiger partial charge in [0.05, 0.1) is 0 Å². The van der Waals surface area contributed by atoms with E-state index in [0.29, 0.717) is 29.1 Å². The van der Waals surface area contributed by atoms with E-state index in [1.54, 1.807) is 22.9 Å². The van der Waals surface area contributed by atoms with E-state index < -0.39 is 0 Å². The molecule has 3 heterocycles. The molecule has 3 aromatic heterocycles. The van der Waals surface area contributed by atoms with Gasteiger partial charge in [0, 0.05) is 18.6 Å². The van der Waals surface area contributed by atoms with E-state index >= 15 is 0 Å². The minimum absolute atomic E-state index is 0.325. The van der Waals surface area contributed by atoms with Crippen molar-refractivity contribution in [3.8, 4) is 11.5 Å². The van der Waals surface area contributed by atoms with Crippen molar-refractivity contribution >= 4 is 11.9 Å². The van der Waals surface area contributed by atoms with E-state index in [2.05, 4.69) is 15.0 Å². The van der Waals surface area contributed by atoms with Crippen molar-refractivity contribution < 1.29 is 4.79 Å². The van der Waals surface area contributed by atoms with E-state index in [-0.39, 0.29) is 0 Å². The van der Waals surface area contributed by atoms with Gasteiger partial charge in [-0.05, 0) is 18.2 Å². The Morgan fingerprint density at radius 3 is 2.76 bits per heavy atom. The van der Waals surface area contributed by atoms with Gasteiger partial charge in [-0.25, -0.2) is 9.97 Å². The van der Waals surface area contributed by atoms with Gasteiger partial charge in [-0.2, -0.15) is 0 Å². The first-order chi connectivity index (χ1) is 8.40. The summed E-state index contributed by atoms with van der Waals surface area (Å²) in [4.78, 5) is 23.5. The number of aldehydes is 1. The molecular formula is C12H8N4O. The summed E-state index contributed by atoms with van der Waals surface area (Å²) in [6, 6.07) is 7.34. The minimum atomic E-state index is 0.325. The Labute approximate surface area is 96.8 Å². The van der Waals surface area contributed by atoms with E-state index in [1.807, 2.05) is 24.4 Å². The van der Waals surface area contributed by atoms with Crippen LogP contribution in [0.3, 0.4) is 0 Å². The van der Waals surface area contributed by atoms with E-state index in [1.165, 1.54) is 0 Å². The number of hydrogen-bond acceptors (Lipinski definition) is 4. The van der Waals surface area contributed by atoms with Crippen molar-refractivity contribution in [2.24, 2.45) is 0 Å². The predicted molar refractivity (Wildman–Crippen MR) is 61.6 cm³/mol. The molecule has 0 unspecified atom stereocenters. The van der Waals surface area contributed by atoms with Crippen LogP contribution in [0.2, 0.25) is 0 Å². The molecule has 82 valence electrons. The summed E-state index contributed by atoms with van der Waals surface area (Å²) < 4.78 is 1.76. The molecule has 3 aromatic rings. The molecule has 3 rings (SSSR count). The third kappa shape index (κ3) is 1.48. The lowest BCUT2D eigenvalue weighted by atomic mass is 10.3. The molecule has 5 heteroatoms. The molecule has 0 saturated carbocycles. The molecule has 0 spiro atoms. The van der Waals surface area contributed by atoms with Crippen LogP contribution in [-0.2, 0) is 0 Å². The molecule has 0 fully saturated rings. The number of aromatic nitrogens is 4. The van der Waals surface area contributed by atoms with E-state index in [4.69, 9.17) is 0 Å². The first-order valence-electron chi connectivity index (χ1n) is 5.10. The number of nitrogens with zero attached hydrogens (tertiary/aromatic N) is 4. The second kappa shape index (κ2) is 3.79. The fourth-order valence-corrected chi connectivity index (χ4v) is 1.70. The van der Waals surface area contributed by atoms with Crippen LogP contribution in [0.5, 0.6) is 0 Å². The van der Waals surface area contributed by atoms with Gasteiger partial charge in [0.2, 0.25) is 0 Å². The summed E-state index contributed by atoms with van der Waals surface area (Å²) in [7, 11) is 0. The van der Waals surface area contributed by atoms with Gasteiger partial charge in [-0.15, -0.1) is 0 Å². The molecule has 0 radical (unpaired) electrons. The Hall–Kier alpha value is -2.56. The normalized spacial score (nSPS) is 10.6. The van der Waals surface area contributed by atoms with Crippen molar-refractivity contribution in [2.75, 3.05) is 0 Å². The first kappa shape index (κ1) is 9.65. The Balaban J connectivity index is 2.34. The van der Waals surface area contributed by atoms with Crippen LogP contribution in [0.15, 0.2) is 42.9 Å². The molecule has 5 nitrogen and oxygen atoms in total. The summed E-state index contributed by atoms with van der Waals surface area (Å²) in [6.07, 6.45) is 5.83. The van der Waals surface area contributed by atoms with Gasteiger partial charge in [0.1, 0.15) is 11.4 Å². The summed E-state index contributed by atoms with van der Waals surface area (Å²) >= 11 is 0. The van der Waals surface area contributed by atoms with Gasteiger partial charge >= 0.3 is 0 Å². The van der Waals surface area contributed by atoms with Gasteiger partial charge < -0.3 is 0 Å². The van der Waals surface area contributed by atoms with E-state index in [0.717, 1.165) is 0 Å². The minimum Gasteiger partial charge on any atom is -0.296 e. The number of imidazole rings is 1. The fraction of sp³-hybridized carbons (Fsp3) is 0. The molecule has 0 aliphatic rings. The summed E-state index contributed by atoms with van der Waals surface area (Å²) in [5.41, 5.74) is 1.58. The molecule has 0 amide bonds. The van der Waals surface area contributed by atoms with Crippen LogP contribution >= 0.6 is 0 Å². The zero-order valence-corrected chi connectivity index (χ0v) is 8.82. The molecule has 17 heavy (non-hydrogen) atoms. The Kier molecular flexibility index (Phi) is 2.15. The third-order valence-corrected chi connectivity index (χ3v) is 2.44. The van der Waals surface area contributed by atoms with Crippen LogP contribution < -0.4 is 0 Å². The highest BCUT2D eigenvalue weighted by molar-refractivity contribution is 5.83. The molecule has 0 saturated heterocycles. The third-order valence-electron chi connectivity index (χ3n) is 2.44. The first-order valence-corrected chi connectivity index (χ1v) is 5.10. The molecular weight excluding hydrogens is 216 g/mol. The maximum atomic E-state index is 10.9. The standard InChI is InChI=1S/C12H8N4O/c17-8-10-11-14-6-3-7-16(11)12(15-10)9-4-1-2-5-13-9/h1-8H. The quantitative estimate of drug-likeness (QED) is 0.620. The smallest absolute Gasteiger partial charge is 0.172 e. The molecule has 0 N–H and O–H groups in total. The van der Waals surface area contributed by atoms with Crippen LogP contribution in [0.1, 0.15) is 10.5 Å². The number of rotatable bonds is 2. The van der Waals surface area contributed by atoms with Crippen molar-refractivity contribution in [3.05, 3.63) is 48.5 Å². The predicted octanol–water partition coefficient (Wildman–Crippen LogP) is 1.60. The number of pyridine rings is 1. The van der Waals surface area contributed by atoms with Crippen molar-refractivity contribution in [1.82, 2.24) is 19.4 Å². The fourth-order valence-electron chi connectivity index (χ4n) is 1.70. The summed E-state index contributed by atoms with van der Waals surface area (Å²) in [6.45, 7) is 0. The average Bonchev–Trinajstić information content (AvgIpc) is 2.78. The number of hydrogen-bond donors (Lipinski definition) is 0.